The third-order valence-electron chi connectivity index (χ3n) is 3.11. The van der Waals surface area contributed by atoms with Crippen LogP contribution < -0.4 is 0 Å². The molecule has 2 aromatic heterocycles. The van der Waals surface area contributed by atoms with E-state index in [0.717, 1.165) is 29.0 Å². The molecule has 0 aliphatic rings. The number of hydrogen-bond donors (Lipinski definition) is 0. The van der Waals surface area contributed by atoms with E-state index in [1.54, 1.807) is 6.20 Å². The van der Waals surface area contributed by atoms with Crippen molar-refractivity contribution >= 4 is 22.6 Å². The predicted octanol–water partition coefficient (Wildman–Crippen LogP) is 3.16. The molecule has 0 atom stereocenters. The molecule has 19 heavy (non-hydrogen) atoms. The second-order valence-corrected chi connectivity index (χ2v) is 4.90. The van der Waals surface area contributed by atoms with Gasteiger partial charge in [0.2, 0.25) is 0 Å². The number of benzene rings is 1. The van der Waals surface area contributed by atoms with E-state index in [1.165, 1.54) is 5.56 Å². The number of imidazole rings is 1. The van der Waals surface area contributed by atoms with Crippen LogP contribution in [-0.4, -0.2) is 20.6 Å². The summed E-state index contributed by atoms with van der Waals surface area (Å²) in [6.45, 7) is 2.70. The zero-order chi connectivity index (χ0) is 13.2. The fraction of sp³-hybridized carbons (Fsp3) is 0.286. The summed E-state index contributed by atoms with van der Waals surface area (Å²) in [6, 6.07) is 8.13. The number of rotatable bonds is 4. The first-order chi connectivity index (χ1) is 9.28. The molecule has 4 nitrogen and oxygen atoms in total. The Morgan fingerprint density at radius 2 is 2.21 bits per heavy atom. The molecule has 98 valence electrons. The maximum atomic E-state index is 5.86. The van der Waals surface area contributed by atoms with Crippen LogP contribution in [0.15, 0.2) is 35.0 Å². The van der Waals surface area contributed by atoms with Gasteiger partial charge in [0.15, 0.2) is 5.76 Å². The highest BCUT2D eigenvalue weighted by Crippen LogP contribution is 2.20. The Morgan fingerprint density at radius 1 is 1.32 bits per heavy atom. The highest BCUT2D eigenvalue weighted by Gasteiger charge is 2.12. The SMILES string of the molecule is Cc1ccc2c(c1)nc(CCCl)n2Cc1ccno1. The van der Waals surface area contributed by atoms with Gasteiger partial charge in [0.1, 0.15) is 5.82 Å². The number of aromatic nitrogens is 3. The summed E-state index contributed by atoms with van der Waals surface area (Å²) in [7, 11) is 0. The number of nitrogens with zero attached hydrogens (tertiary/aromatic N) is 3. The molecule has 0 bridgehead atoms. The zero-order valence-electron chi connectivity index (χ0n) is 10.6. The van der Waals surface area contributed by atoms with Gasteiger partial charge in [0.25, 0.3) is 0 Å². The van der Waals surface area contributed by atoms with Crippen molar-refractivity contribution in [1.82, 2.24) is 14.7 Å². The summed E-state index contributed by atoms with van der Waals surface area (Å²) in [5, 5.41) is 3.74. The van der Waals surface area contributed by atoms with Crippen molar-refractivity contribution in [3.05, 3.63) is 47.6 Å². The van der Waals surface area contributed by atoms with Crippen LogP contribution in [0.5, 0.6) is 0 Å². The lowest BCUT2D eigenvalue weighted by molar-refractivity contribution is 0.376. The number of halogens is 1. The summed E-state index contributed by atoms with van der Waals surface area (Å²) < 4.78 is 7.32. The minimum absolute atomic E-state index is 0.554. The third kappa shape index (κ3) is 2.36. The molecule has 0 spiro atoms. The Bertz CT molecular complexity index is 688. The smallest absolute Gasteiger partial charge is 0.156 e. The van der Waals surface area contributed by atoms with Crippen molar-refractivity contribution < 1.29 is 4.52 Å². The van der Waals surface area contributed by atoms with Crippen molar-refractivity contribution in [2.75, 3.05) is 5.88 Å². The average Bonchev–Trinajstić information content (AvgIpc) is 2.99. The maximum Gasteiger partial charge on any atom is 0.156 e. The summed E-state index contributed by atoms with van der Waals surface area (Å²) >= 11 is 5.86. The summed E-state index contributed by atoms with van der Waals surface area (Å²) in [6.07, 6.45) is 2.39. The van der Waals surface area contributed by atoms with E-state index < -0.39 is 0 Å². The molecule has 0 fully saturated rings. The molecule has 3 aromatic rings. The highest BCUT2D eigenvalue weighted by molar-refractivity contribution is 6.17. The topological polar surface area (TPSA) is 43.9 Å². The van der Waals surface area contributed by atoms with Gasteiger partial charge >= 0.3 is 0 Å². The van der Waals surface area contributed by atoms with Crippen molar-refractivity contribution in [3.8, 4) is 0 Å². The largest absolute Gasteiger partial charge is 0.359 e. The van der Waals surface area contributed by atoms with Gasteiger partial charge in [-0.3, -0.25) is 0 Å². The molecule has 0 aliphatic heterocycles. The first kappa shape index (κ1) is 12.2. The van der Waals surface area contributed by atoms with Gasteiger partial charge in [0, 0.05) is 18.4 Å². The van der Waals surface area contributed by atoms with Crippen LogP contribution in [-0.2, 0) is 13.0 Å². The van der Waals surface area contributed by atoms with Crippen molar-refractivity contribution in [3.63, 3.8) is 0 Å². The minimum Gasteiger partial charge on any atom is -0.359 e. The van der Waals surface area contributed by atoms with E-state index in [4.69, 9.17) is 16.1 Å². The molecule has 0 amide bonds. The Balaban J connectivity index is 2.10. The minimum atomic E-state index is 0.554. The van der Waals surface area contributed by atoms with Crippen molar-refractivity contribution in [2.24, 2.45) is 0 Å². The molecular formula is C14H14ClN3O. The standard InChI is InChI=1S/C14H14ClN3O/c1-10-2-3-13-12(8-10)17-14(4-6-15)18(13)9-11-5-7-16-19-11/h2-3,5,7-8H,4,6,9H2,1H3. The second kappa shape index (κ2) is 5.05. The molecule has 5 heteroatoms. The zero-order valence-corrected chi connectivity index (χ0v) is 11.4. The van der Waals surface area contributed by atoms with E-state index >= 15 is 0 Å². The normalized spacial score (nSPS) is 11.3. The Labute approximate surface area is 116 Å². The number of hydrogen-bond acceptors (Lipinski definition) is 3. The molecule has 3 rings (SSSR count). The van der Waals surface area contributed by atoms with E-state index in [0.29, 0.717) is 12.4 Å². The molecule has 2 heterocycles. The lowest BCUT2D eigenvalue weighted by Gasteiger charge is -2.05. The van der Waals surface area contributed by atoms with Crippen LogP contribution in [0.25, 0.3) is 11.0 Å². The molecule has 0 saturated heterocycles. The molecular weight excluding hydrogens is 262 g/mol. The Hall–Kier alpha value is -1.81. The van der Waals surface area contributed by atoms with Crippen LogP contribution in [0, 0.1) is 6.92 Å². The van der Waals surface area contributed by atoms with E-state index in [1.807, 2.05) is 6.07 Å². The molecule has 1 aromatic carbocycles. The van der Waals surface area contributed by atoms with E-state index in [-0.39, 0.29) is 0 Å². The lowest BCUT2D eigenvalue weighted by atomic mass is 10.2. The third-order valence-corrected chi connectivity index (χ3v) is 3.30. The van der Waals surface area contributed by atoms with Gasteiger partial charge in [0.05, 0.1) is 23.8 Å². The second-order valence-electron chi connectivity index (χ2n) is 4.52. The van der Waals surface area contributed by atoms with Crippen LogP contribution in [0.4, 0.5) is 0 Å². The fourth-order valence-corrected chi connectivity index (χ4v) is 2.39. The Morgan fingerprint density at radius 3 is 2.95 bits per heavy atom. The van der Waals surface area contributed by atoms with Gasteiger partial charge < -0.3 is 9.09 Å². The van der Waals surface area contributed by atoms with Crippen LogP contribution >= 0.6 is 11.6 Å². The van der Waals surface area contributed by atoms with Crippen LogP contribution in [0.3, 0.4) is 0 Å². The van der Waals surface area contributed by atoms with E-state index in [9.17, 15) is 0 Å². The van der Waals surface area contributed by atoms with Gasteiger partial charge in [-0.15, -0.1) is 11.6 Å². The van der Waals surface area contributed by atoms with Crippen molar-refractivity contribution in [2.45, 2.75) is 19.9 Å². The van der Waals surface area contributed by atoms with Gasteiger partial charge in [-0.2, -0.15) is 0 Å². The number of fused-ring (bicyclic) bond motifs is 1. The quantitative estimate of drug-likeness (QED) is 0.687. The predicted molar refractivity (Wildman–Crippen MR) is 74.5 cm³/mol. The summed E-state index contributed by atoms with van der Waals surface area (Å²) in [4.78, 5) is 4.66. The van der Waals surface area contributed by atoms with E-state index in [2.05, 4.69) is 39.8 Å². The first-order valence-corrected chi connectivity index (χ1v) is 6.72. The molecule has 0 saturated carbocycles. The number of aryl methyl sites for hydroxylation is 2. The van der Waals surface area contributed by atoms with Gasteiger partial charge in [-0.25, -0.2) is 4.98 Å². The molecule has 0 unspecified atom stereocenters. The maximum absolute atomic E-state index is 5.86. The summed E-state index contributed by atoms with van der Waals surface area (Å²) in [5.41, 5.74) is 3.30. The summed E-state index contributed by atoms with van der Waals surface area (Å²) in [5.74, 6) is 2.35. The highest BCUT2D eigenvalue weighted by atomic mass is 35.5. The van der Waals surface area contributed by atoms with Crippen molar-refractivity contribution in [1.29, 1.82) is 0 Å². The monoisotopic (exact) mass is 275 g/mol. The lowest BCUT2D eigenvalue weighted by Crippen LogP contribution is -2.05. The van der Waals surface area contributed by atoms with Crippen LogP contribution in [0.2, 0.25) is 0 Å². The molecule has 0 aliphatic carbocycles. The van der Waals surface area contributed by atoms with Gasteiger partial charge in [-0.1, -0.05) is 11.2 Å². The van der Waals surface area contributed by atoms with Crippen LogP contribution in [0.1, 0.15) is 17.1 Å². The first-order valence-electron chi connectivity index (χ1n) is 6.19. The Kier molecular flexibility index (Phi) is 3.25. The average molecular weight is 276 g/mol. The molecule has 0 radical (unpaired) electrons. The fourth-order valence-electron chi connectivity index (χ4n) is 2.22. The molecule has 0 N–H and O–H groups in total. The van der Waals surface area contributed by atoms with Gasteiger partial charge in [-0.05, 0) is 24.6 Å². The number of alkyl halides is 1.